The predicted molar refractivity (Wildman–Crippen MR) is 106 cm³/mol. The summed E-state index contributed by atoms with van der Waals surface area (Å²) in [6, 6.07) is 5.25. The zero-order valence-corrected chi connectivity index (χ0v) is 16.1. The Kier molecular flexibility index (Phi) is 6.44. The fourth-order valence-electron chi connectivity index (χ4n) is 3.33. The van der Waals surface area contributed by atoms with Crippen LogP contribution in [-0.2, 0) is 24.3 Å². The first kappa shape index (κ1) is 20.7. The number of nitrogens with zero attached hydrogens (tertiary/aromatic N) is 3. The maximum Gasteiger partial charge on any atom is 0.526 e. The number of rotatable bonds is 6. The van der Waals surface area contributed by atoms with Crippen molar-refractivity contribution < 1.29 is 19.3 Å². The molecule has 1 aliphatic rings. The molecule has 0 aliphatic carbocycles. The van der Waals surface area contributed by atoms with Crippen molar-refractivity contribution in [2.75, 3.05) is 6.54 Å². The summed E-state index contributed by atoms with van der Waals surface area (Å²) in [7, 11) is -1.18. The van der Waals surface area contributed by atoms with E-state index < -0.39 is 12.9 Å². The number of carbonyl (C=O) groups excluding carboxylic acids is 2. The molecule has 0 radical (unpaired) electrons. The lowest BCUT2D eigenvalue weighted by Crippen LogP contribution is -2.36. The van der Waals surface area contributed by atoms with Gasteiger partial charge in [-0.1, -0.05) is 23.3 Å². The number of hydrogen-bond donors (Lipinski definition) is 3. The fraction of sp³-hybridized carbons (Fsp3) is 0.368. The van der Waals surface area contributed by atoms with Crippen molar-refractivity contribution in [3.8, 4) is 17.6 Å². The summed E-state index contributed by atoms with van der Waals surface area (Å²) in [5.74, 6) is 5.21. The van der Waals surface area contributed by atoms with Crippen molar-refractivity contribution >= 4 is 18.7 Å². The largest absolute Gasteiger partial charge is 0.535 e. The second-order valence-electron chi connectivity index (χ2n) is 6.82. The molecule has 3 rings (SSSR count). The van der Waals surface area contributed by atoms with E-state index in [1.807, 2.05) is 6.07 Å². The third-order valence-electron chi connectivity index (χ3n) is 4.72. The van der Waals surface area contributed by atoms with Gasteiger partial charge in [-0.3, -0.25) is 9.59 Å². The fourth-order valence-corrected chi connectivity index (χ4v) is 3.33. The van der Waals surface area contributed by atoms with Crippen LogP contribution in [0.4, 0.5) is 0 Å². The summed E-state index contributed by atoms with van der Waals surface area (Å²) in [6.07, 6.45) is 0.501. The monoisotopic (exact) mass is 395 g/mol. The van der Waals surface area contributed by atoms with Crippen LogP contribution in [0.2, 0.25) is 5.82 Å². The van der Waals surface area contributed by atoms with Crippen molar-refractivity contribution in [3.63, 3.8) is 0 Å². The van der Waals surface area contributed by atoms with E-state index in [2.05, 4.69) is 22.2 Å². The van der Waals surface area contributed by atoms with Gasteiger partial charge in [0.25, 0.3) is 0 Å². The lowest BCUT2D eigenvalue weighted by Gasteiger charge is -2.28. The minimum absolute atomic E-state index is 0.0504. The third-order valence-corrected chi connectivity index (χ3v) is 4.72. The Morgan fingerprint density at radius 1 is 1.41 bits per heavy atom. The van der Waals surface area contributed by atoms with Gasteiger partial charge in [-0.15, -0.1) is 5.10 Å². The third kappa shape index (κ3) is 4.54. The molecular weight excluding hydrogens is 373 g/mol. The van der Waals surface area contributed by atoms with Gasteiger partial charge < -0.3 is 21.1 Å². The molecule has 2 heterocycles. The molecule has 150 valence electrons. The number of hydrogen-bond acceptors (Lipinski definition) is 8. The first-order chi connectivity index (χ1) is 13.9. The molecule has 5 N–H and O–H groups in total. The number of aromatic nitrogens is 3. The smallest absolute Gasteiger partial charge is 0.526 e. The summed E-state index contributed by atoms with van der Waals surface area (Å²) in [6.45, 7) is 1.70. The van der Waals surface area contributed by atoms with Gasteiger partial charge in [0, 0.05) is 18.8 Å². The molecule has 0 saturated carbocycles. The van der Waals surface area contributed by atoms with Crippen molar-refractivity contribution in [1.82, 2.24) is 15.0 Å². The van der Waals surface area contributed by atoms with Crippen LogP contribution < -0.4 is 16.1 Å². The minimum atomic E-state index is -1.18. The van der Waals surface area contributed by atoms with E-state index in [4.69, 9.17) is 16.1 Å². The molecule has 0 bridgehead atoms. The number of para-hydroxylation sites is 1. The molecule has 1 aromatic carbocycles. The lowest BCUT2D eigenvalue weighted by atomic mass is 9.64. The normalized spacial score (nSPS) is 15.2. The predicted octanol–water partition coefficient (Wildman–Crippen LogP) is -0.305. The SMILES string of the molecule is CC(=O)c1cccc2c1OB(O)[C@@H](CC(=O)Cn1nnc(CN)c1C#CCN)C2. The van der Waals surface area contributed by atoms with Crippen LogP contribution in [0.25, 0.3) is 0 Å². The van der Waals surface area contributed by atoms with Crippen LogP contribution in [0, 0.1) is 11.8 Å². The standard InChI is InChI=1S/C19H22BN5O4/c1-12(26)16-5-2-4-13-8-14(20(28)29-19(13)16)9-15(27)11-25-18(6-3-7-21)17(10-22)23-24-25/h2,4-5,14,28H,7-11,21-22H2,1H3/t14-/m1/s1. The van der Waals surface area contributed by atoms with Crippen LogP contribution in [0.5, 0.6) is 5.75 Å². The Labute approximate surface area is 168 Å². The van der Waals surface area contributed by atoms with Crippen molar-refractivity contribution in [3.05, 3.63) is 40.7 Å². The average molecular weight is 395 g/mol. The number of nitrogens with two attached hydrogens (primary N) is 2. The molecule has 0 unspecified atom stereocenters. The van der Waals surface area contributed by atoms with Crippen molar-refractivity contribution in [1.29, 1.82) is 0 Å². The molecule has 9 nitrogen and oxygen atoms in total. The van der Waals surface area contributed by atoms with Gasteiger partial charge in [0.15, 0.2) is 11.6 Å². The van der Waals surface area contributed by atoms with Gasteiger partial charge in [0.2, 0.25) is 0 Å². The summed E-state index contributed by atoms with van der Waals surface area (Å²) >= 11 is 0. The highest BCUT2D eigenvalue weighted by atomic mass is 16.5. The molecule has 0 saturated heterocycles. The van der Waals surface area contributed by atoms with Crippen LogP contribution in [-0.4, -0.2) is 45.2 Å². The van der Waals surface area contributed by atoms with Crippen LogP contribution in [0.3, 0.4) is 0 Å². The van der Waals surface area contributed by atoms with Gasteiger partial charge in [0.05, 0.1) is 12.1 Å². The maximum atomic E-state index is 12.6. The summed E-state index contributed by atoms with van der Waals surface area (Å²) in [5, 5.41) is 18.3. The molecule has 2 aromatic rings. The topological polar surface area (TPSA) is 146 Å². The summed E-state index contributed by atoms with van der Waals surface area (Å²) < 4.78 is 6.98. The first-order valence-corrected chi connectivity index (χ1v) is 9.25. The zero-order valence-electron chi connectivity index (χ0n) is 16.1. The molecule has 0 fully saturated rings. The Hall–Kier alpha value is -3.00. The molecule has 29 heavy (non-hydrogen) atoms. The Bertz CT molecular complexity index is 994. The minimum Gasteiger partial charge on any atom is -0.535 e. The van der Waals surface area contributed by atoms with Gasteiger partial charge in [0.1, 0.15) is 23.7 Å². The lowest BCUT2D eigenvalue weighted by molar-refractivity contribution is -0.120. The summed E-state index contributed by atoms with van der Waals surface area (Å²) in [5.41, 5.74) is 13.2. The highest BCUT2D eigenvalue weighted by Crippen LogP contribution is 2.36. The van der Waals surface area contributed by atoms with Crippen LogP contribution in [0.1, 0.15) is 40.7 Å². The van der Waals surface area contributed by atoms with Crippen molar-refractivity contribution in [2.45, 2.75) is 38.7 Å². The van der Waals surface area contributed by atoms with Gasteiger partial charge >= 0.3 is 7.12 Å². The number of Topliss-reactive ketones (excluding diaryl/α,β-unsaturated/α-hetero) is 2. The quantitative estimate of drug-likeness (QED) is 0.343. The van der Waals surface area contributed by atoms with E-state index in [0.717, 1.165) is 5.56 Å². The first-order valence-electron chi connectivity index (χ1n) is 9.25. The van der Waals surface area contributed by atoms with E-state index >= 15 is 0 Å². The second-order valence-corrected chi connectivity index (χ2v) is 6.82. The van der Waals surface area contributed by atoms with E-state index in [0.29, 0.717) is 29.1 Å². The number of benzene rings is 1. The molecule has 0 amide bonds. The van der Waals surface area contributed by atoms with Gasteiger partial charge in [-0.05, 0) is 30.9 Å². The Balaban J connectivity index is 1.73. The van der Waals surface area contributed by atoms with Crippen LogP contribution in [0.15, 0.2) is 18.2 Å². The number of ketones is 2. The van der Waals surface area contributed by atoms with E-state index in [9.17, 15) is 14.6 Å². The van der Waals surface area contributed by atoms with E-state index in [1.165, 1.54) is 11.6 Å². The molecule has 1 aromatic heterocycles. The maximum absolute atomic E-state index is 12.6. The molecule has 0 spiro atoms. The molecule has 1 atom stereocenters. The van der Waals surface area contributed by atoms with Crippen molar-refractivity contribution in [2.24, 2.45) is 11.5 Å². The van der Waals surface area contributed by atoms with Gasteiger partial charge in [-0.2, -0.15) is 0 Å². The number of carbonyl (C=O) groups is 2. The average Bonchev–Trinajstić information content (AvgIpc) is 3.07. The Morgan fingerprint density at radius 3 is 2.90 bits per heavy atom. The second kappa shape index (κ2) is 9.00. The van der Waals surface area contributed by atoms with Crippen LogP contribution >= 0.6 is 0 Å². The summed E-state index contributed by atoms with van der Waals surface area (Å²) in [4.78, 5) is 24.4. The zero-order chi connectivity index (χ0) is 21.0. The molecule has 10 heteroatoms. The Morgan fingerprint density at radius 2 is 2.21 bits per heavy atom. The highest BCUT2D eigenvalue weighted by Gasteiger charge is 2.37. The van der Waals surface area contributed by atoms with Gasteiger partial charge in [-0.25, -0.2) is 4.68 Å². The molecular formula is C19H22BN5O4. The van der Waals surface area contributed by atoms with E-state index in [1.54, 1.807) is 12.1 Å². The van der Waals surface area contributed by atoms with E-state index in [-0.39, 0.29) is 37.6 Å². The highest BCUT2D eigenvalue weighted by molar-refractivity contribution is 6.47. The number of fused-ring (bicyclic) bond motifs is 1. The molecule has 1 aliphatic heterocycles.